The molecule has 0 aliphatic heterocycles. The summed E-state index contributed by atoms with van der Waals surface area (Å²) in [5.41, 5.74) is 2.75. The second-order valence-corrected chi connectivity index (χ2v) is 9.31. The van der Waals surface area contributed by atoms with Crippen LogP contribution in [0.3, 0.4) is 0 Å². The van der Waals surface area contributed by atoms with Crippen LogP contribution in [0, 0.1) is 0 Å². The highest BCUT2D eigenvalue weighted by atomic mass is 79.9. The van der Waals surface area contributed by atoms with E-state index in [4.69, 9.17) is 13.9 Å². The lowest BCUT2D eigenvalue weighted by Gasteiger charge is -2.09. The first-order chi connectivity index (χ1) is 18.5. The van der Waals surface area contributed by atoms with Gasteiger partial charge in [-0.15, -0.1) is 0 Å². The molecule has 0 radical (unpaired) electrons. The molecule has 1 heterocycles. The lowest BCUT2D eigenvalue weighted by molar-refractivity contribution is 0.0736. The van der Waals surface area contributed by atoms with Gasteiger partial charge in [0.1, 0.15) is 28.4 Å². The number of para-hydroxylation sites is 1. The summed E-state index contributed by atoms with van der Waals surface area (Å²) in [6, 6.07) is 29.0. The lowest BCUT2D eigenvalue weighted by Crippen LogP contribution is -2.10. The van der Waals surface area contributed by atoms with Crippen LogP contribution in [0.4, 0.5) is 0 Å². The van der Waals surface area contributed by atoms with Crippen LogP contribution in [0.15, 0.2) is 112 Å². The first-order valence-corrected chi connectivity index (χ1v) is 12.9. The summed E-state index contributed by atoms with van der Waals surface area (Å²) < 4.78 is 18.6. The number of allylic oxidation sites excluding steroid dienone is 1. The zero-order valence-corrected chi connectivity index (χ0v) is 22.1. The van der Waals surface area contributed by atoms with Crippen LogP contribution < -0.4 is 9.47 Å². The van der Waals surface area contributed by atoms with E-state index < -0.39 is 5.97 Å². The molecule has 6 heteroatoms. The van der Waals surface area contributed by atoms with E-state index in [1.807, 2.05) is 61.5 Å². The van der Waals surface area contributed by atoms with Crippen LogP contribution in [0.1, 0.15) is 33.2 Å². The standard InChI is InChI=1S/C32H23BrO5/c1-2-36-25-17-19-29-26(20-25)30(31(37-29)23-9-4-3-5-10-23)32(35)38-28-11-7-6-8-22(28)14-18-27(34)21-12-15-24(33)16-13-21/h3-20H,2H2,1H3. The molecule has 5 aromatic rings. The fourth-order valence-electron chi connectivity index (χ4n) is 4.07. The van der Waals surface area contributed by atoms with Gasteiger partial charge in [-0.05, 0) is 67.6 Å². The Hall–Kier alpha value is -4.42. The molecule has 0 N–H and O–H groups in total. The molecule has 0 atom stereocenters. The number of carbonyl (C=O) groups excluding carboxylic acids is 2. The molecule has 0 aliphatic rings. The van der Waals surface area contributed by atoms with Crippen molar-refractivity contribution < 1.29 is 23.5 Å². The molecule has 0 aliphatic carbocycles. The molecule has 0 saturated heterocycles. The maximum atomic E-state index is 13.7. The van der Waals surface area contributed by atoms with Gasteiger partial charge in [-0.3, -0.25) is 4.79 Å². The number of carbonyl (C=O) groups is 2. The van der Waals surface area contributed by atoms with Gasteiger partial charge in [-0.25, -0.2) is 4.79 Å². The number of halogens is 1. The van der Waals surface area contributed by atoms with Gasteiger partial charge in [0.2, 0.25) is 0 Å². The fraction of sp³-hybridized carbons (Fsp3) is 0.0625. The summed E-state index contributed by atoms with van der Waals surface area (Å²) >= 11 is 3.37. The van der Waals surface area contributed by atoms with Crippen molar-refractivity contribution in [2.45, 2.75) is 6.92 Å². The predicted molar refractivity (Wildman–Crippen MR) is 152 cm³/mol. The van der Waals surface area contributed by atoms with Crippen molar-refractivity contribution in [1.29, 1.82) is 0 Å². The van der Waals surface area contributed by atoms with Crippen molar-refractivity contribution in [2.75, 3.05) is 6.61 Å². The molecule has 0 amide bonds. The highest BCUT2D eigenvalue weighted by Gasteiger charge is 2.25. The molecule has 5 rings (SSSR count). The largest absolute Gasteiger partial charge is 0.494 e. The Morgan fingerprint density at radius 3 is 2.39 bits per heavy atom. The number of esters is 1. The molecule has 0 fully saturated rings. The number of benzene rings is 4. The number of rotatable bonds is 8. The SMILES string of the molecule is CCOc1ccc2oc(-c3ccccc3)c(C(=O)Oc3ccccc3C=CC(=O)c3ccc(Br)cc3)c2c1. The van der Waals surface area contributed by atoms with E-state index in [1.54, 1.807) is 48.5 Å². The van der Waals surface area contributed by atoms with E-state index in [-0.39, 0.29) is 5.78 Å². The number of furan rings is 1. The Labute approximate surface area is 228 Å². The van der Waals surface area contributed by atoms with E-state index in [0.717, 1.165) is 10.0 Å². The van der Waals surface area contributed by atoms with Gasteiger partial charge >= 0.3 is 5.97 Å². The van der Waals surface area contributed by atoms with Crippen molar-refractivity contribution in [2.24, 2.45) is 0 Å². The first-order valence-electron chi connectivity index (χ1n) is 12.1. The Balaban J connectivity index is 1.50. The Bertz CT molecular complexity index is 1630. The maximum Gasteiger partial charge on any atom is 0.348 e. The van der Waals surface area contributed by atoms with Crippen LogP contribution in [-0.2, 0) is 0 Å². The third kappa shape index (κ3) is 5.45. The topological polar surface area (TPSA) is 65.7 Å². The second kappa shape index (κ2) is 11.3. The predicted octanol–water partition coefficient (Wildman–Crippen LogP) is 8.38. The number of fused-ring (bicyclic) bond motifs is 1. The van der Waals surface area contributed by atoms with E-state index in [1.165, 1.54) is 6.08 Å². The van der Waals surface area contributed by atoms with Gasteiger partial charge < -0.3 is 13.9 Å². The summed E-state index contributed by atoms with van der Waals surface area (Å²) in [6.07, 6.45) is 3.11. The fourth-order valence-corrected chi connectivity index (χ4v) is 4.33. The maximum absolute atomic E-state index is 13.7. The molecule has 0 saturated carbocycles. The van der Waals surface area contributed by atoms with Gasteiger partial charge in [-0.2, -0.15) is 0 Å². The van der Waals surface area contributed by atoms with Crippen molar-refractivity contribution in [3.63, 3.8) is 0 Å². The van der Waals surface area contributed by atoms with E-state index in [0.29, 0.717) is 51.5 Å². The van der Waals surface area contributed by atoms with Crippen LogP contribution in [-0.4, -0.2) is 18.4 Å². The summed E-state index contributed by atoms with van der Waals surface area (Å²) in [4.78, 5) is 26.3. The van der Waals surface area contributed by atoms with Gasteiger partial charge in [0.15, 0.2) is 5.78 Å². The average Bonchev–Trinajstić information content (AvgIpc) is 3.32. The Kier molecular flexibility index (Phi) is 7.52. The molecular formula is C32H23BrO5. The molecule has 38 heavy (non-hydrogen) atoms. The number of ketones is 1. The molecule has 4 aromatic carbocycles. The van der Waals surface area contributed by atoms with Gasteiger partial charge in [-0.1, -0.05) is 64.5 Å². The molecule has 0 bridgehead atoms. The summed E-state index contributed by atoms with van der Waals surface area (Å²) in [5, 5.41) is 0.596. The van der Waals surface area contributed by atoms with Crippen molar-refractivity contribution >= 4 is 44.7 Å². The Morgan fingerprint density at radius 2 is 1.63 bits per heavy atom. The van der Waals surface area contributed by atoms with Crippen LogP contribution in [0.25, 0.3) is 28.4 Å². The number of hydrogen-bond donors (Lipinski definition) is 0. The minimum atomic E-state index is -0.573. The summed E-state index contributed by atoms with van der Waals surface area (Å²) in [6.45, 7) is 2.39. The molecule has 5 nitrogen and oxygen atoms in total. The summed E-state index contributed by atoms with van der Waals surface area (Å²) in [5.74, 6) is 0.638. The quantitative estimate of drug-likeness (QED) is 0.0816. The first kappa shape index (κ1) is 25.2. The zero-order valence-electron chi connectivity index (χ0n) is 20.5. The molecule has 1 aromatic heterocycles. The molecule has 188 valence electrons. The van der Waals surface area contributed by atoms with Crippen molar-refractivity contribution in [3.8, 4) is 22.8 Å². The number of hydrogen-bond acceptors (Lipinski definition) is 5. The highest BCUT2D eigenvalue weighted by Crippen LogP contribution is 2.36. The molecule has 0 unspecified atom stereocenters. The third-order valence-electron chi connectivity index (χ3n) is 5.88. The average molecular weight is 567 g/mol. The third-order valence-corrected chi connectivity index (χ3v) is 6.40. The minimum absolute atomic E-state index is 0.158. The monoisotopic (exact) mass is 566 g/mol. The van der Waals surface area contributed by atoms with Gasteiger partial charge in [0.25, 0.3) is 0 Å². The second-order valence-electron chi connectivity index (χ2n) is 8.40. The van der Waals surface area contributed by atoms with Crippen molar-refractivity contribution in [1.82, 2.24) is 0 Å². The van der Waals surface area contributed by atoms with Crippen LogP contribution >= 0.6 is 15.9 Å². The van der Waals surface area contributed by atoms with Crippen LogP contribution in [0.5, 0.6) is 11.5 Å². The minimum Gasteiger partial charge on any atom is -0.494 e. The summed E-state index contributed by atoms with van der Waals surface area (Å²) in [7, 11) is 0. The number of ether oxygens (including phenoxy) is 2. The Morgan fingerprint density at radius 1 is 0.895 bits per heavy atom. The van der Waals surface area contributed by atoms with Crippen LogP contribution in [0.2, 0.25) is 0 Å². The normalized spacial score (nSPS) is 11.1. The molecular weight excluding hydrogens is 544 g/mol. The smallest absolute Gasteiger partial charge is 0.348 e. The van der Waals surface area contributed by atoms with E-state index in [9.17, 15) is 9.59 Å². The lowest BCUT2D eigenvalue weighted by atomic mass is 10.1. The zero-order chi connectivity index (χ0) is 26.5. The van der Waals surface area contributed by atoms with E-state index in [2.05, 4.69) is 15.9 Å². The molecule has 0 spiro atoms. The van der Waals surface area contributed by atoms with E-state index >= 15 is 0 Å². The van der Waals surface area contributed by atoms with Gasteiger partial charge in [0, 0.05) is 26.5 Å². The highest BCUT2D eigenvalue weighted by molar-refractivity contribution is 9.10. The van der Waals surface area contributed by atoms with Crippen molar-refractivity contribution in [3.05, 3.63) is 124 Å². The van der Waals surface area contributed by atoms with Gasteiger partial charge in [0.05, 0.1) is 6.61 Å².